The van der Waals surface area contributed by atoms with Gasteiger partial charge in [-0.3, -0.25) is 0 Å². The minimum atomic E-state index is 0.958. The lowest BCUT2D eigenvalue weighted by atomic mass is 10.1. The monoisotopic (exact) mass is 562 g/mol. The Bertz CT molecular complexity index is 1420. The molecule has 0 bridgehead atoms. The van der Waals surface area contributed by atoms with Crippen LogP contribution in [0.5, 0.6) is 0 Å². The molecule has 0 saturated heterocycles. The standard InChI is InChI=1S/C34H26S4/c35-31(25-15-5-1-6-16-25)33(27-19-9-3-10-20-27)37-29-23-13-14-24-30(29)38-34(28-21-11-4-12-22-28)32(36)26-17-7-2-8-18-26/h1-24,35-36H/b33-31-,34-32-. The number of rotatable bonds is 8. The molecule has 0 aromatic heterocycles. The zero-order valence-electron chi connectivity index (χ0n) is 20.6. The third-order valence-electron chi connectivity index (χ3n) is 5.87. The van der Waals surface area contributed by atoms with Gasteiger partial charge in [0, 0.05) is 29.4 Å². The van der Waals surface area contributed by atoms with Crippen molar-refractivity contribution in [1.29, 1.82) is 0 Å². The summed E-state index contributed by atoms with van der Waals surface area (Å²) in [5, 5.41) is 0. The fourth-order valence-corrected chi connectivity index (χ4v) is 7.05. The fraction of sp³-hybridized carbons (Fsp3) is 0. The summed E-state index contributed by atoms with van der Waals surface area (Å²) < 4.78 is 0. The van der Waals surface area contributed by atoms with Gasteiger partial charge in [0.25, 0.3) is 0 Å². The van der Waals surface area contributed by atoms with Crippen molar-refractivity contribution in [3.63, 3.8) is 0 Å². The molecule has 0 unspecified atom stereocenters. The molecular weight excluding hydrogens is 537 g/mol. The second-order valence-corrected chi connectivity index (χ2v) is 11.5. The van der Waals surface area contributed by atoms with Crippen LogP contribution in [0.4, 0.5) is 0 Å². The number of hydrogen-bond donors (Lipinski definition) is 2. The van der Waals surface area contributed by atoms with E-state index in [1.165, 1.54) is 9.79 Å². The Kier molecular flexibility index (Phi) is 9.21. The van der Waals surface area contributed by atoms with E-state index in [4.69, 9.17) is 25.3 Å². The van der Waals surface area contributed by atoms with Gasteiger partial charge in [0.05, 0.1) is 0 Å². The van der Waals surface area contributed by atoms with E-state index < -0.39 is 0 Å². The third kappa shape index (κ3) is 6.51. The lowest BCUT2D eigenvalue weighted by molar-refractivity contribution is 1.26. The zero-order chi connectivity index (χ0) is 26.2. The summed E-state index contributed by atoms with van der Waals surface area (Å²) in [5.74, 6) is 0. The van der Waals surface area contributed by atoms with Gasteiger partial charge in [-0.2, -0.15) is 0 Å². The second kappa shape index (κ2) is 13.2. The van der Waals surface area contributed by atoms with Crippen LogP contribution < -0.4 is 0 Å². The van der Waals surface area contributed by atoms with Crippen molar-refractivity contribution in [3.05, 3.63) is 168 Å². The van der Waals surface area contributed by atoms with Gasteiger partial charge >= 0.3 is 0 Å². The van der Waals surface area contributed by atoms with Crippen LogP contribution in [0.1, 0.15) is 22.3 Å². The van der Waals surface area contributed by atoms with Gasteiger partial charge in [-0.15, -0.1) is 25.3 Å². The summed E-state index contributed by atoms with van der Waals surface area (Å²) in [5.41, 5.74) is 4.48. The van der Waals surface area contributed by atoms with Crippen LogP contribution in [-0.4, -0.2) is 0 Å². The molecule has 0 atom stereocenters. The molecular formula is C34H26S4. The number of hydrogen-bond acceptors (Lipinski definition) is 4. The van der Waals surface area contributed by atoms with Crippen LogP contribution in [0.25, 0.3) is 19.6 Å². The Balaban J connectivity index is 1.59. The van der Waals surface area contributed by atoms with Crippen molar-refractivity contribution in [3.8, 4) is 0 Å². The van der Waals surface area contributed by atoms with Crippen LogP contribution in [0, 0.1) is 0 Å². The van der Waals surface area contributed by atoms with Crippen molar-refractivity contribution in [2.45, 2.75) is 9.79 Å². The minimum Gasteiger partial charge on any atom is -0.142 e. The van der Waals surface area contributed by atoms with E-state index in [1.54, 1.807) is 23.5 Å². The summed E-state index contributed by atoms with van der Waals surface area (Å²) in [7, 11) is 0. The summed E-state index contributed by atoms with van der Waals surface area (Å²) in [6, 6.07) is 50.3. The van der Waals surface area contributed by atoms with Gasteiger partial charge in [-0.1, -0.05) is 157 Å². The minimum absolute atomic E-state index is 0.958. The average Bonchev–Trinajstić information content (AvgIpc) is 3.00. The SMILES string of the molecule is S/C(=C(\Sc1ccccc1S/C(=C(\S)c1ccccc1)c1ccccc1)c1ccccc1)c1ccccc1. The molecule has 0 aliphatic carbocycles. The molecule has 0 aliphatic rings. The third-order valence-corrected chi connectivity index (χ3v) is 9.70. The van der Waals surface area contributed by atoms with E-state index in [0.29, 0.717) is 0 Å². The smallest absolute Gasteiger partial charge is 0.0334 e. The molecule has 0 nitrogen and oxygen atoms in total. The van der Waals surface area contributed by atoms with Crippen molar-refractivity contribution in [2.75, 3.05) is 0 Å². The first-order chi connectivity index (χ1) is 18.7. The second-order valence-electron chi connectivity index (χ2n) is 8.47. The van der Waals surface area contributed by atoms with Gasteiger partial charge < -0.3 is 0 Å². The van der Waals surface area contributed by atoms with Crippen molar-refractivity contribution < 1.29 is 0 Å². The van der Waals surface area contributed by atoms with E-state index in [-0.39, 0.29) is 0 Å². The number of thiol groups is 2. The van der Waals surface area contributed by atoms with Gasteiger partial charge in [0.15, 0.2) is 0 Å². The van der Waals surface area contributed by atoms with Crippen LogP contribution >= 0.6 is 48.8 Å². The normalized spacial score (nSPS) is 12.5. The molecule has 0 spiro atoms. The summed E-state index contributed by atoms with van der Waals surface area (Å²) >= 11 is 13.6. The average molecular weight is 563 g/mol. The fourth-order valence-electron chi connectivity index (χ4n) is 3.96. The molecule has 0 aliphatic heterocycles. The lowest BCUT2D eigenvalue weighted by Gasteiger charge is -2.17. The highest BCUT2D eigenvalue weighted by Gasteiger charge is 2.17. The maximum atomic E-state index is 5.03. The maximum Gasteiger partial charge on any atom is 0.0334 e. The first-order valence-corrected chi connectivity index (χ1v) is 14.8. The molecule has 0 heterocycles. The Labute approximate surface area is 244 Å². The Morgan fingerprint density at radius 3 is 0.921 bits per heavy atom. The summed E-state index contributed by atoms with van der Waals surface area (Å²) in [6.07, 6.45) is 0. The molecule has 5 aromatic carbocycles. The molecule has 38 heavy (non-hydrogen) atoms. The van der Waals surface area contributed by atoms with E-state index in [9.17, 15) is 0 Å². The van der Waals surface area contributed by atoms with Crippen LogP contribution in [0.15, 0.2) is 155 Å². The molecule has 0 fully saturated rings. The van der Waals surface area contributed by atoms with Gasteiger partial charge in [-0.25, -0.2) is 0 Å². The molecule has 0 radical (unpaired) electrons. The van der Waals surface area contributed by atoms with Gasteiger partial charge in [-0.05, 0) is 34.4 Å². The molecule has 186 valence electrons. The van der Waals surface area contributed by atoms with E-state index >= 15 is 0 Å². The van der Waals surface area contributed by atoms with E-state index in [1.807, 2.05) is 24.3 Å². The molecule has 0 amide bonds. The highest BCUT2D eigenvalue weighted by atomic mass is 32.2. The predicted molar refractivity (Wildman–Crippen MR) is 176 cm³/mol. The van der Waals surface area contributed by atoms with Gasteiger partial charge in [0.2, 0.25) is 0 Å². The first-order valence-electron chi connectivity index (χ1n) is 12.2. The van der Waals surface area contributed by atoms with Crippen molar-refractivity contribution in [1.82, 2.24) is 0 Å². The quantitative estimate of drug-likeness (QED) is 0.110. The van der Waals surface area contributed by atoms with Crippen LogP contribution in [0.3, 0.4) is 0 Å². The Morgan fingerprint density at radius 1 is 0.342 bits per heavy atom. The van der Waals surface area contributed by atoms with Crippen LogP contribution in [0.2, 0.25) is 0 Å². The van der Waals surface area contributed by atoms with Crippen LogP contribution in [-0.2, 0) is 0 Å². The summed E-state index contributed by atoms with van der Waals surface area (Å²) in [6.45, 7) is 0. The first kappa shape index (κ1) is 26.6. The zero-order valence-corrected chi connectivity index (χ0v) is 24.0. The maximum absolute atomic E-state index is 5.03. The van der Waals surface area contributed by atoms with Crippen molar-refractivity contribution in [2.24, 2.45) is 0 Å². The summed E-state index contributed by atoms with van der Waals surface area (Å²) in [4.78, 5) is 6.49. The number of benzene rings is 5. The Morgan fingerprint density at radius 2 is 0.605 bits per heavy atom. The molecule has 5 rings (SSSR count). The van der Waals surface area contributed by atoms with E-state index in [2.05, 4.69) is 121 Å². The highest BCUT2D eigenvalue weighted by Crippen LogP contribution is 2.48. The molecule has 4 heteroatoms. The largest absolute Gasteiger partial charge is 0.142 e. The van der Waals surface area contributed by atoms with Gasteiger partial charge in [0.1, 0.15) is 0 Å². The highest BCUT2D eigenvalue weighted by molar-refractivity contribution is 8.12. The lowest BCUT2D eigenvalue weighted by Crippen LogP contribution is -1.89. The molecule has 0 saturated carbocycles. The molecule has 5 aromatic rings. The Hall–Kier alpha value is -3.02. The predicted octanol–water partition coefficient (Wildman–Crippen LogP) is 10.8. The molecule has 0 N–H and O–H groups in total. The van der Waals surface area contributed by atoms with Crippen molar-refractivity contribution >= 4 is 68.4 Å². The van der Waals surface area contributed by atoms with E-state index in [0.717, 1.165) is 41.9 Å². The topological polar surface area (TPSA) is 0 Å². The number of thioether (sulfide) groups is 2.